The molecule has 0 aromatic carbocycles. The van der Waals surface area contributed by atoms with Gasteiger partial charge in [0.15, 0.2) is 0 Å². The van der Waals surface area contributed by atoms with E-state index in [1.165, 1.54) is 0 Å². The minimum absolute atomic E-state index is 0.167. The molecule has 0 unspecified atom stereocenters. The summed E-state index contributed by atoms with van der Waals surface area (Å²) in [7, 11) is 0. The quantitative estimate of drug-likeness (QED) is 0.798. The van der Waals surface area contributed by atoms with Gasteiger partial charge in [-0.05, 0) is 12.5 Å². The normalized spacial score (nSPS) is 20.6. The van der Waals surface area contributed by atoms with E-state index >= 15 is 0 Å². The van der Waals surface area contributed by atoms with Gasteiger partial charge in [0.05, 0.1) is 0 Å². The van der Waals surface area contributed by atoms with Gasteiger partial charge in [0, 0.05) is 45.3 Å². The fourth-order valence-corrected chi connectivity index (χ4v) is 2.40. The maximum atomic E-state index is 11.7. The van der Waals surface area contributed by atoms with Crippen molar-refractivity contribution in [3.8, 4) is 0 Å². The molecule has 1 amide bonds. The summed E-state index contributed by atoms with van der Waals surface area (Å²) in [5, 5.41) is 3.30. The van der Waals surface area contributed by atoms with E-state index in [1.54, 1.807) is 11.1 Å². The van der Waals surface area contributed by atoms with Gasteiger partial charge in [0.2, 0.25) is 11.9 Å². The third-order valence-corrected chi connectivity index (χ3v) is 3.38. The van der Waals surface area contributed by atoms with Crippen LogP contribution in [0.4, 0.5) is 11.8 Å². The SMILES string of the molecule is O=C1CCCN1c1ccnc(N2CCNCC2)n1. The van der Waals surface area contributed by atoms with Crippen LogP contribution >= 0.6 is 0 Å². The molecule has 3 heterocycles. The highest BCUT2D eigenvalue weighted by molar-refractivity contribution is 5.94. The molecule has 2 aliphatic rings. The van der Waals surface area contributed by atoms with Crippen LogP contribution in [-0.4, -0.2) is 48.6 Å². The van der Waals surface area contributed by atoms with Gasteiger partial charge in [0.1, 0.15) is 5.82 Å². The zero-order valence-corrected chi connectivity index (χ0v) is 10.3. The second kappa shape index (κ2) is 4.89. The number of hydrogen-bond donors (Lipinski definition) is 1. The van der Waals surface area contributed by atoms with Crippen LogP contribution in [0.3, 0.4) is 0 Å². The van der Waals surface area contributed by atoms with Crippen LogP contribution in [0.5, 0.6) is 0 Å². The van der Waals surface area contributed by atoms with Crippen molar-refractivity contribution in [1.82, 2.24) is 15.3 Å². The Morgan fingerprint density at radius 2 is 2.06 bits per heavy atom. The first-order valence-corrected chi connectivity index (χ1v) is 6.44. The van der Waals surface area contributed by atoms with Crippen molar-refractivity contribution in [2.24, 2.45) is 0 Å². The second-order valence-corrected chi connectivity index (χ2v) is 4.60. The van der Waals surface area contributed by atoms with Crippen LogP contribution in [0, 0.1) is 0 Å². The summed E-state index contributed by atoms with van der Waals surface area (Å²) in [4.78, 5) is 24.4. The topological polar surface area (TPSA) is 61.4 Å². The number of hydrogen-bond acceptors (Lipinski definition) is 5. The minimum atomic E-state index is 0.167. The highest BCUT2D eigenvalue weighted by Crippen LogP contribution is 2.20. The van der Waals surface area contributed by atoms with E-state index in [2.05, 4.69) is 20.2 Å². The third kappa shape index (κ3) is 2.15. The zero-order valence-electron chi connectivity index (χ0n) is 10.3. The summed E-state index contributed by atoms with van der Waals surface area (Å²) >= 11 is 0. The van der Waals surface area contributed by atoms with Crippen LogP contribution < -0.4 is 15.1 Å². The molecule has 2 aliphatic heterocycles. The molecule has 3 rings (SSSR count). The Balaban J connectivity index is 1.82. The number of carbonyl (C=O) groups excluding carboxylic acids is 1. The van der Waals surface area contributed by atoms with Crippen LogP contribution in [0.2, 0.25) is 0 Å². The summed E-state index contributed by atoms with van der Waals surface area (Å²) < 4.78 is 0. The Morgan fingerprint density at radius 1 is 1.22 bits per heavy atom. The fraction of sp³-hybridized carbons (Fsp3) is 0.583. The summed E-state index contributed by atoms with van der Waals surface area (Å²) in [6.07, 6.45) is 3.30. The number of amides is 1. The monoisotopic (exact) mass is 247 g/mol. The molecule has 18 heavy (non-hydrogen) atoms. The van der Waals surface area contributed by atoms with E-state index in [0.717, 1.165) is 50.9 Å². The Bertz CT molecular complexity index is 444. The standard InChI is InChI=1S/C12H17N5O/c18-11-2-1-7-17(11)10-3-4-14-12(15-10)16-8-5-13-6-9-16/h3-4,13H,1-2,5-9H2. The molecule has 1 aromatic rings. The van der Waals surface area contributed by atoms with Crippen molar-refractivity contribution < 1.29 is 4.79 Å². The van der Waals surface area contributed by atoms with Gasteiger partial charge in [0.25, 0.3) is 0 Å². The minimum Gasteiger partial charge on any atom is -0.338 e. The van der Waals surface area contributed by atoms with E-state index in [4.69, 9.17) is 0 Å². The van der Waals surface area contributed by atoms with Gasteiger partial charge < -0.3 is 10.2 Å². The second-order valence-electron chi connectivity index (χ2n) is 4.60. The lowest BCUT2D eigenvalue weighted by molar-refractivity contribution is -0.117. The molecule has 0 atom stereocenters. The molecule has 96 valence electrons. The van der Waals surface area contributed by atoms with Crippen molar-refractivity contribution in [3.63, 3.8) is 0 Å². The van der Waals surface area contributed by atoms with E-state index in [-0.39, 0.29) is 5.91 Å². The van der Waals surface area contributed by atoms with Crippen molar-refractivity contribution in [2.75, 3.05) is 42.5 Å². The number of piperazine rings is 1. The molecular weight excluding hydrogens is 230 g/mol. The molecular formula is C12H17N5O. The first-order valence-electron chi connectivity index (χ1n) is 6.44. The van der Waals surface area contributed by atoms with Crippen LogP contribution in [0.15, 0.2) is 12.3 Å². The molecule has 0 spiro atoms. The van der Waals surface area contributed by atoms with E-state index in [9.17, 15) is 4.79 Å². The summed E-state index contributed by atoms with van der Waals surface area (Å²) in [5.41, 5.74) is 0. The number of nitrogens with zero attached hydrogens (tertiary/aromatic N) is 4. The molecule has 1 aromatic heterocycles. The molecule has 2 saturated heterocycles. The molecule has 6 heteroatoms. The summed E-state index contributed by atoms with van der Waals surface area (Å²) in [6, 6.07) is 1.81. The number of nitrogens with one attached hydrogen (secondary N) is 1. The lowest BCUT2D eigenvalue weighted by Gasteiger charge is -2.28. The highest BCUT2D eigenvalue weighted by atomic mass is 16.2. The van der Waals surface area contributed by atoms with Crippen LogP contribution in [0.1, 0.15) is 12.8 Å². The number of anilines is 2. The first kappa shape index (κ1) is 11.4. The van der Waals surface area contributed by atoms with E-state index < -0.39 is 0 Å². The van der Waals surface area contributed by atoms with Gasteiger partial charge >= 0.3 is 0 Å². The molecule has 0 radical (unpaired) electrons. The van der Waals surface area contributed by atoms with Crippen molar-refractivity contribution in [3.05, 3.63) is 12.3 Å². The summed E-state index contributed by atoms with van der Waals surface area (Å²) in [6.45, 7) is 4.51. The number of aromatic nitrogens is 2. The zero-order chi connectivity index (χ0) is 12.4. The van der Waals surface area contributed by atoms with Crippen LogP contribution in [-0.2, 0) is 4.79 Å². The van der Waals surface area contributed by atoms with E-state index in [0.29, 0.717) is 6.42 Å². The van der Waals surface area contributed by atoms with Crippen molar-refractivity contribution >= 4 is 17.7 Å². The Kier molecular flexibility index (Phi) is 3.10. The average molecular weight is 247 g/mol. The predicted octanol–water partition coefficient (Wildman–Crippen LogP) is 0.0130. The van der Waals surface area contributed by atoms with E-state index in [1.807, 2.05) is 6.07 Å². The molecule has 0 saturated carbocycles. The summed E-state index contributed by atoms with van der Waals surface area (Å²) in [5.74, 6) is 1.63. The highest BCUT2D eigenvalue weighted by Gasteiger charge is 2.23. The van der Waals surface area contributed by atoms with Crippen LogP contribution in [0.25, 0.3) is 0 Å². The number of rotatable bonds is 2. The van der Waals surface area contributed by atoms with Gasteiger partial charge in [-0.25, -0.2) is 4.98 Å². The first-order chi connectivity index (χ1) is 8.84. The fourth-order valence-electron chi connectivity index (χ4n) is 2.40. The van der Waals surface area contributed by atoms with Crippen molar-refractivity contribution in [2.45, 2.75) is 12.8 Å². The predicted molar refractivity (Wildman–Crippen MR) is 68.7 cm³/mol. The van der Waals surface area contributed by atoms with Gasteiger partial charge in [-0.2, -0.15) is 4.98 Å². The lowest BCUT2D eigenvalue weighted by Crippen LogP contribution is -2.44. The van der Waals surface area contributed by atoms with Crippen molar-refractivity contribution in [1.29, 1.82) is 0 Å². The smallest absolute Gasteiger partial charge is 0.228 e. The Labute approximate surface area is 106 Å². The maximum Gasteiger partial charge on any atom is 0.228 e. The number of carbonyl (C=O) groups is 1. The lowest BCUT2D eigenvalue weighted by atomic mass is 10.4. The Morgan fingerprint density at radius 3 is 2.78 bits per heavy atom. The molecule has 2 fully saturated rings. The van der Waals surface area contributed by atoms with Gasteiger partial charge in [-0.1, -0.05) is 0 Å². The van der Waals surface area contributed by atoms with Gasteiger partial charge in [-0.3, -0.25) is 9.69 Å². The maximum absolute atomic E-state index is 11.7. The van der Waals surface area contributed by atoms with Gasteiger partial charge in [-0.15, -0.1) is 0 Å². The largest absolute Gasteiger partial charge is 0.338 e. The Hall–Kier alpha value is -1.69. The molecule has 0 bridgehead atoms. The third-order valence-electron chi connectivity index (χ3n) is 3.38. The molecule has 6 nitrogen and oxygen atoms in total. The average Bonchev–Trinajstić information content (AvgIpc) is 2.86. The molecule has 1 N–H and O–H groups in total. The molecule has 0 aliphatic carbocycles.